The Labute approximate surface area is 120 Å². The van der Waals surface area contributed by atoms with Crippen LogP contribution in [-0.2, 0) is 6.54 Å². The van der Waals surface area contributed by atoms with Crippen LogP contribution >= 0.6 is 0 Å². The molecule has 21 heavy (non-hydrogen) atoms. The summed E-state index contributed by atoms with van der Waals surface area (Å²) in [6, 6.07) is 11.8. The Hall–Kier alpha value is -2.69. The van der Waals surface area contributed by atoms with E-state index in [1.807, 2.05) is 13.0 Å². The van der Waals surface area contributed by atoms with Gasteiger partial charge in [-0.25, -0.2) is 4.39 Å². The summed E-state index contributed by atoms with van der Waals surface area (Å²) in [6.45, 7) is 2.02. The fourth-order valence-corrected chi connectivity index (χ4v) is 2.48. The highest BCUT2D eigenvalue weighted by molar-refractivity contribution is 5.95. The second kappa shape index (κ2) is 5.01. The summed E-state index contributed by atoms with van der Waals surface area (Å²) < 4.78 is 15.3. The quantitative estimate of drug-likeness (QED) is 0.731. The Balaban J connectivity index is 2.21. The molecule has 0 unspecified atom stereocenters. The van der Waals surface area contributed by atoms with Crippen molar-refractivity contribution in [1.82, 2.24) is 4.57 Å². The molecule has 5 heteroatoms. The van der Waals surface area contributed by atoms with Gasteiger partial charge in [0.2, 0.25) is 5.88 Å². The largest absolute Gasteiger partial charge is 0.493 e. The van der Waals surface area contributed by atoms with Crippen LogP contribution in [0.15, 0.2) is 47.6 Å². The van der Waals surface area contributed by atoms with Gasteiger partial charge in [-0.05, 0) is 30.3 Å². The van der Waals surface area contributed by atoms with Crippen molar-refractivity contribution in [2.24, 2.45) is 5.18 Å². The van der Waals surface area contributed by atoms with Gasteiger partial charge in [-0.15, -0.1) is 4.91 Å². The number of nitroso groups, excluding NO2 is 1. The minimum absolute atomic E-state index is 0.00922. The van der Waals surface area contributed by atoms with Crippen molar-refractivity contribution in [1.29, 1.82) is 0 Å². The molecular weight excluding hydrogens is 271 g/mol. The first-order chi connectivity index (χ1) is 10.1. The molecular formula is C16H13FN2O2. The molecule has 0 amide bonds. The first-order valence-corrected chi connectivity index (χ1v) is 6.50. The van der Waals surface area contributed by atoms with Crippen LogP contribution in [0, 0.1) is 17.6 Å². The maximum Gasteiger partial charge on any atom is 0.222 e. The third kappa shape index (κ3) is 2.16. The summed E-state index contributed by atoms with van der Waals surface area (Å²) in [5.41, 5.74) is 2.03. The molecule has 3 rings (SSSR count). The number of aryl methyl sites for hydroxylation is 1. The van der Waals surface area contributed by atoms with Crippen molar-refractivity contribution in [3.8, 4) is 5.88 Å². The van der Waals surface area contributed by atoms with E-state index in [0.717, 1.165) is 5.56 Å². The Bertz CT molecular complexity index is 840. The van der Waals surface area contributed by atoms with Crippen LogP contribution in [0.3, 0.4) is 0 Å². The zero-order valence-electron chi connectivity index (χ0n) is 11.4. The molecule has 0 radical (unpaired) electrons. The number of halogens is 1. The highest BCUT2D eigenvalue weighted by atomic mass is 19.1. The highest BCUT2D eigenvalue weighted by Crippen LogP contribution is 2.39. The lowest BCUT2D eigenvalue weighted by atomic mass is 10.1. The summed E-state index contributed by atoms with van der Waals surface area (Å²) in [7, 11) is 0. The summed E-state index contributed by atoms with van der Waals surface area (Å²) in [4.78, 5) is 11.0. The molecule has 106 valence electrons. The van der Waals surface area contributed by atoms with Gasteiger partial charge in [0.05, 0.1) is 12.1 Å². The Morgan fingerprint density at radius 1 is 1.24 bits per heavy atom. The zero-order chi connectivity index (χ0) is 15.0. The molecule has 0 bridgehead atoms. The minimum Gasteiger partial charge on any atom is -0.493 e. The molecule has 0 aliphatic heterocycles. The molecule has 0 saturated heterocycles. The lowest BCUT2D eigenvalue weighted by molar-refractivity contribution is 0.428. The van der Waals surface area contributed by atoms with E-state index in [2.05, 4.69) is 5.18 Å². The van der Waals surface area contributed by atoms with Crippen LogP contribution in [0.2, 0.25) is 0 Å². The van der Waals surface area contributed by atoms with Gasteiger partial charge in [0.1, 0.15) is 5.82 Å². The molecule has 0 saturated carbocycles. The predicted octanol–water partition coefficient (Wildman–Crippen LogP) is 4.24. The van der Waals surface area contributed by atoms with Gasteiger partial charge >= 0.3 is 0 Å². The van der Waals surface area contributed by atoms with E-state index < -0.39 is 0 Å². The van der Waals surface area contributed by atoms with Crippen LogP contribution in [0.1, 0.15) is 11.1 Å². The predicted molar refractivity (Wildman–Crippen MR) is 79.3 cm³/mol. The van der Waals surface area contributed by atoms with Crippen molar-refractivity contribution in [3.63, 3.8) is 0 Å². The molecule has 1 heterocycles. The van der Waals surface area contributed by atoms with Gasteiger partial charge in [-0.2, -0.15) is 0 Å². The average molecular weight is 284 g/mol. The molecule has 0 aliphatic carbocycles. The maximum absolute atomic E-state index is 13.8. The SMILES string of the molecule is Cc1ccc2c(c1)c(N=O)c(O)n2Cc1ccccc1F. The number of nitrogens with zero attached hydrogens (tertiary/aromatic N) is 2. The fourth-order valence-electron chi connectivity index (χ4n) is 2.48. The number of hydrogen-bond acceptors (Lipinski definition) is 3. The summed E-state index contributed by atoms with van der Waals surface area (Å²) in [5.74, 6) is -0.597. The number of fused-ring (bicyclic) bond motifs is 1. The highest BCUT2D eigenvalue weighted by Gasteiger charge is 2.18. The van der Waals surface area contributed by atoms with Crippen LogP contribution in [0.4, 0.5) is 10.1 Å². The van der Waals surface area contributed by atoms with Crippen LogP contribution in [-0.4, -0.2) is 9.67 Å². The molecule has 0 atom stereocenters. The summed E-state index contributed by atoms with van der Waals surface area (Å²) in [6.07, 6.45) is 0. The first-order valence-electron chi connectivity index (χ1n) is 6.50. The average Bonchev–Trinajstić information content (AvgIpc) is 2.73. The Kier molecular flexibility index (Phi) is 3.17. The number of aromatic hydroxyl groups is 1. The fraction of sp³-hybridized carbons (Fsp3) is 0.125. The van der Waals surface area contributed by atoms with Gasteiger partial charge in [0.15, 0.2) is 5.69 Å². The lowest BCUT2D eigenvalue weighted by Crippen LogP contribution is -2.01. The number of rotatable bonds is 3. The number of hydrogen-bond donors (Lipinski definition) is 1. The van der Waals surface area contributed by atoms with E-state index in [-0.39, 0.29) is 23.9 Å². The van der Waals surface area contributed by atoms with E-state index in [0.29, 0.717) is 16.5 Å². The van der Waals surface area contributed by atoms with E-state index in [1.54, 1.807) is 30.3 Å². The Morgan fingerprint density at radius 2 is 2.00 bits per heavy atom. The van der Waals surface area contributed by atoms with Crippen molar-refractivity contribution >= 4 is 16.6 Å². The standard InChI is InChI=1S/C16H13FN2O2/c1-10-6-7-14-12(8-10)15(18-21)16(20)19(14)9-11-4-2-3-5-13(11)17/h2-8,20H,9H2,1H3. The molecule has 0 aliphatic rings. The third-order valence-corrected chi connectivity index (χ3v) is 3.54. The van der Waals surface area contributed by atoms with Crippen molar-refractivity contribution < 1.29 is 9.50 Å². The molecule has 0 spiro atoms. The Morgan fingerprint density at radius 3 is 2.71 bits per heavy atom. The number of benzene rings is 2. The van der Waals surface area contributed by atoms with Crippen LogP contribution < -0.4 is 0 Å². The monoisotopic (exact) mass is 284 g/mol. The molecule has 0 fully saturated rings. The first kappa shape index (κ1) is 13.3. The van der Waals surface area contributed by atoms with Crippen LogP contribution in [0.5, 0.6) is 5.88 Å². The summed E-state index contributed by atoms with van der Waals surface area (Å²) in [5, 5.41) is 13.7. The van der Waals surface area contributed by atoms with Crippen molar-refractivity contribution in [2.75, 3.05) is 0 Å². The molecule has 1 N–H and O–H groups in total. The molecule has 1 aromatic heterocycles. The topological polar surface area (TPSA) is 54.6 Å². The normalized spacial score (nSPS) is 11.0. The van der Waals surface area contributed by atoms with E-state index >= 15 is 0 Å². The minimum atomic E-state index is -0.355. The van der Waals surface area contributed by atoms with E-state index in [9.17, 15) is 14.4 Å². The zero-order valence-corrected chi connectivity index (χ0v) is 11.4. The summed E-state index contributed by atoms with van der Waals surface area (Å²) >= 11 is 0. The molecule has 3 aromatic rings. The lowest BCUT2D eigenvalue weighted by Gasteiger charge is -2.08. The smallest absolute Gasteiger partial charge is 0.222 e. The molecule has 2 aromatic carbocycles. The van der Waals surface area contributed by atoms with Gasteiger partial charge < -0.3 is 9.67 Å². The van der Waals surface area contributed by atoms with E-state index in [1.165, 1.54) is 10.6 Å². The second-order valence-corrected chi connectivity index (χ2v) is 4.96. The van der Waals surface area contributed by atoms with Gasteiger partial charge in [0, 0.05) is 10.9 Å². The van der Waals surface area contributed by atoms with Gasteiger partial charge in [-0.1, -0.05) is 29.8 Å². The third-order valence-electron chi connectivity index (χ3n) is 3.54. The number of aromatic nitrogens is 1. The van der Waals surface area contributed by atoms with Crippen molar-refractivity contribution in [3.05, 3.63) is 64.3 Å². The van der Waals surface area contributed by atoms with Gasteiger partial charge in [0.25, 0.3) is 0 Å². The molecule has 4 nitrogen and oxygen atoms in total. The van der Waals surface area contributed by atoms with Crippen molar-refractivity contribution in [2.45, 2.75) is 13.5 Å². The second-order valence-electron chi connectivity index (χ2n) is 4.96. The van der Waals surface area contributed by atoms with E-state index in [4.69, 9.17) is 0 Å². The maximum atomic E-state index is 13.8. The van der Waals surface area contributed by atoms with Gasteiger partial charge in [-0.3, -0.25) is 0 Å². The van der Waals surface area contributed by atoms with Crippen LogP contribution in [0.25, 0.3) is 10.9 Å².